The number of allylic oxidation sites excluding steroid dienone is 7. The highest BCUT2D eigenvalue weighted by atomic mass is 16.3. The number of aliphatic hydroxyl groups excluding tert-OH is 1. The van der Waals surface area contributed by atoms with Gasteiger partial charge in [0.25, 0.3) is 0 Å². The minimum absolute atomic E-state index is 0.165. The van der Waals surface area contributed by atoms with Crippen molar-refractivity contribution in [3.63, 3.8) is 0 Å². The lowest BCUT2D eigenvalue weighted by Crippen LogP contribution is -2.04. The molecule has 0 heterocycles. The molecule has 1 unspecified atom stereocenters. The summed E-state index contributed by atoms with van der Waals surface area (Å²) in [6, 6.07) is 17.5. The summed E-state index contributed by atoms with van der Waals surface area (Å²) in [7, 11) is 0. The number of phenols is 1. The molecule has 0 spiro atoms. The van der Waals surface area contributed by atoms with Crippen molar-refractivity contribution in [1.82, 2.24) is 0 Å². The first-order chi connectivity index (χ1) is 11.6. The fraction of sp³-hybridized carbons (Fsp3) is 0.0909. The fourth-order valence-corrected chi connectivity index (χ4v) is 3.45. The van der Waals surface area contributed by atoms with Gasteiger partial charge in [-0.25, -0.2) is 0 Å². The molecule has 2 aliphatic carbocycles. The van der Waals surface area contributed by atoms with Gasteiger partial charge < -0.3 is 10.2 Å². The van der Waals surface area contributed by atoms with Crippen LogP contribution in [0.5, 0.6) is 5.75 Å². The predicted molar refractivity (Wildman–Crippen MR) is 97.4 cm³/mol. The SMILES string of the molecule is CC1C=C(O)C=C2C1=CC(c1ccc(O)cc1)=C2c1ccccc1. The highest BCUT2D eigenvalue weighted by molar-refractivity contribution is 6.09. The molecular formula is C22H18O2. The monoisotopic (exact) mass is 314 g/mol. The lowest BCUT2D eigenvalue weighted by Gasteiger charge is -2.19. The molecule has 2 aromatic rings. The summed E-state index contributed by atoms with van der Waals surface area (Å²) in [5.74, 6) is 0.740. The molecule has 2 aromatic carbocycles. The van der Waals surface area contributed by atoms with Crippen molar-refractivity contribution in [2.24, 2.45) is 5.92 Å². The van der Waals surface area contributed by atoms with Crippen molar-refractivity contribution in [2.45, 2.75) is 6.92 Å². The Kier molecular flexibility index (Phi) is 3.39. The predicted octanol–water partition coefficient (Wildman–Crippen LogP) is 5.26. The van der Waals surface area contributed by atoms with Crippen LogP contribution >= 0.6 is 0 Å². The standard InChI is InChI=1S/C22H18O2/c1-14-11-18(24)12-21-19(14)13-20(15-7-9-17(23)10-8-15)22(21)16-5-3-2-4-6-16/h2-14,23-24H,1H3. The normalized spacial score (nSPS) is 19.5. The third-order valence-corrected chi connectivity index (χ3v) is 4.59. The molecule has 0 aromatic heterocycles. The first-order valence-electron chi connectivity index (χ1n) is 8.07. The van der Waals surface area contributed by atoms with E-state index in [0.717, 1.165) is 27.8 Å². The van der Waals surface area contributed by atoms with E-state index in [2.05, 4.69) is 25.1 Å². The van der Waals surface area contributed by atoms with E-state index in [-0.39, 0.29) is 11.7 Å². The molecule has 4 rings (SSSR count). The fourth-order valence-electron chi connectivity index (χ4n) is 3.45. The van der Waals surface area contributed by atoms with Gasteiger partial charge in [0.1, 0.15) is 11.5 Å². The van der Waals surface area contributed by atoms with Gasteiger partial charge in [-0.15, -0.1) is 0 Å². The van der Waals surface area contributed by atoms with Crippen molar-refractivity contribution < 1.29 is 10.2 Å². The van der Waals surface area contributed by atoms with Gasteiger partial charge in [0.2, 0.25) is 0 Å². The molecule has 2 nitrogen and oxygen atoms in total. The number of aliphatic hydroxyl groups is 1. The number of rotatable bonds is 2. The summed E-state index contributed by atoms with van der Waals surface area (Å²) in [4.78, 5) is 0. The van der Waals surface area contributed by atoms with E-state index in [0.29, 0.717) is 5.76 Å². The second kappa shape index (κ2) is 5.57. The summed E-state index contributed by atoms with van der Waals surface area (Å²) >= 11 is 0. The number of hydrogen-bond acceptors (Lipinski definition) is 2. The molecule has 24 heavy (non-hydrogen) atoms. The van der Waals surface area contributed by atoms with Gasteiger partial charge in [-0.3, -0.25) is 0 Å². The van der Waals surface area contributed by atoms with Crippen LogP contribution in [0.25, 0.3) is 11.1 Å². The van der Waals surface area contributed by atoms with E-state index in [9.17, 15) is 10.2 Å². The topological polar surface area (TPSA) is 40.5 Å². The Morgan fingerprint density at radius 2 is 1.50 bits per heavy atom. The molecule has 0 amide bonds. The molecule has 0 bridgehead atoms. The second-order valence-corrected chi connectivity index (χ2v) is 6.24. The van der Waals surface area contributed by atoms with E-state index in [1.54, 1.807) is 12.1 Å². The molecule has 2 heteroatoms. The van der Waals surface area contributed by atoms with E-state index >= 15 is 0 Å². The van der Waals surface area contributed by atoms with Crippen LogP contribution in [0, 0.1) is 5.92 Å². The van der Waals surface area contributed by atoms with E-state index in [1.807, 2.05) is 42.5 Å². The summed E-state index contributed by atoms with van der Waals surface area (Å²) < 4.78 is 0. The van der Waals surface area contributed by atoms with E-state index in [1.165, 1.54) is 5.57 Å². The lowest BCUT2D eigenvalue weighted by atomic mass is 9.86. The maximum Gasteiger partial charge on any atom is 0.115 e. The Balaban J connectivity index is 1.96. The van der Waals surface area contributed by atoms with Crippen LogP contribution in [0.1, 0.15) is 18.1 Å². The molecule has 118 valence electrons. The number of phenolic OH excluding ortho intramolecular Hbond substituents is 1. The number of aromatic hydroxyl groups is 1. The average molecular weight is 314 g/mol. The first kappa shape index (κ1) is 14.6. The molecule has 0 saturated carbocycles. The molecule has 0 aliphatic heterocycles. The average Bonchev–Trinajstić information content (AvgIpc) is 2.96. The Labute approximate surface area is 141 Å². The largest absolute Gasteiger partial charge is 0.508 e. The summed E-state index contributed by atoms with van der Waals surface area (Å²) in [5.41, 5.74) is 6.73. The molecule has 0 radical (unpaired) electrons. The van der Waals surface area contributed by atoms with Crippen molar-refractivity contribution >= 4 is 11.1 Å². The van der Waals surface area contributed by atoms with Gasteiger partial charge in [0.15, 0.2) is 0 Å². The zero-order valence-corrected chi connectivity index (χ0v) is 13.4. The number of benzene rings is 2. The molecular weight excluding hydrogens is 296 g/mol. The number of fused-ring (bicyclic) bond motifs is 1. The molecule has 1 atom stereocenters. The molecule has 0 fully saturated rings. The van der Waals surface area contributed by atoms with Crippen LogP contribution in [0.2, 0.25) is 0 Å². The Bertz CT molecular complexity index is 910. The van der Waals surface area contributed by atoms with Gasteiger partial charge in [0, 0.05) is 5.92 Å². The first-order valence-corrected chi connectivity index (χ1v) is 8.07. The Morgan fingerprint density at radius 1 is 0.792 bits per heavy atom. The third-order valence-electron chi connectivity index (χ3n) is 4.59. The number of hydrogen-bond donors (Lipinski definition) is 2. The van der Waals surface area contributed by atoms with E-state index < -0.39 is 0 Å². The molecule has 0 saturated heterocycles. The summed E-state index contributed by atoms with van der Waals surface area (Å²) in [6.07, 6.45) is 5.92. The molecule has 2 aliphatic rings. The summed E-state index contributed by atoms with van der Waals surface area (Å²) in [6.45, 7) is 2.09. The van der Waals surface area contributed by atoms with Crippen molar-refractivity contribution in [3.8, 4) is 5.75 Å². The van der Waals surface area contributed by atoms with Gasteiger partial charge >= 0.3 is 0 Å². The highest BCUT2D eigenvalue weighted by Crippen LogP contribution is 2.47. The van der Waals surface area contributed by atoms with Crippen LogP contribution in [0.4, 0.5) is 0 Å². The van der Waals surface area contributed by atoms with Gasteiger partial charge in [-0.05, 0) is 63.8 Å². The minimum Gasteiger partial charge on any atom is -0.508 e. The van der Waals surface area contributed by atoms with Crippen LogP contribution in [-0.4, -0.2) is 10.2 Å². The lowest BCUT2D eigenvalue weighted by molar-refractivity contribution is 0.424. The zero-order chi connectivity index (χ0) is 16.7. The van der Waals surface area contributed by atoms with Crippen molar-refractivity contribution in [1.29, 1.82) is 0 Å². The highest BCUT2D eigenvalue weighted by Gasteiger charge is 2.29. The summed E-state index contributed by atoms with van der Waals surface area (Å²) in [5, 5.41) is 19.7. The smallest absolute Gasteiger partial charge is 0.115 e. The Hall–Kier alpha value is -3.00. The zero-order valence-electron chi connectivity index (χ0n) is 13.4. The van der Waals surface area contributed by atoms with Crippen molar-refractivity contribution in [2.75, 3.05) is 0 Å². The van der Waals surface area contributed by atoms with Crippen molar-refractivity contribution in [3.05, 3.63) is 101 Å². The molecule has 2 N–H and O–H groups in total. The van der Waals surface area contributed by atoms with Gasteiger partial charge in [-0.2, -0.15) is 0 Å². The third kappa shape index (κ3) is 2.37. The quantitative estimate of drug-likeness (QED) is 0.793. The van der Waals surface area contributed by atoms with Crippen LogP contribution in [0.3, 0.4) is 0 Å². The minimum atomic E-state index is 0.165. The second-order valence-electron chi connectivity index (χ2n) is 6.24. The maximum atomic E-state index is 10.1. The van der Waals surface area contributed by atoms with E-state index in [4.69, 9.17) is 0 Å². The maximum absolute atomic E-state index is 10.1. The Morgan fingerprint density at radius 3 is 2.21 bits per heavy atom. The van der Waals surface area contributed by atoms with Crippen LogP contribution in [0.15, 0.2) is 89.7 Å². The van der Waals surface area contributed by atoms with Gasteiger partial charge in [-0.1, -0.05) is 49.4 Å². The van der Waals surface area contributed by atoms with Crippen LogP contribution < -0.4 is 0 Å². The van der Waals surface area contributed by atoms with Crippen LogP contribution in [-0.2, 0) is 0 Å². The van der Waals surface area contributed by atoms with Gasteiger partial charge in [0.05, 0.1) is 0 Å².